The molecule has 0 fully saturated rings. The van der Waals surface area contributed by atoms with Crippen molar-refractivity contribution in [1.82, 2.24) is 14.3 Å². The zero-order chi connectivity index (χ0) is 18.7. The summed E-state index contributed by atoms with van der Waals surface area (Å²) in [4.78, 5) is 29.1. The van der Waals surface area contributed by atoms with E-state index in [0.29, 0.717) is 23.5 Å². The Labute approximate surface area is 153 Å². The van der Waals surface area contributed by atoms with E-state index in [1.54, 1.807) is 49.1 Å². The molecule has 3 rings (SSSR count). The Morgan fingerprint density at radius 2 is 2.19 bits per heavy atom. The topological polar surface area (TPSA) is 78.5 Å². The summed E-state index contributed by atoms with van der Waals surface area (Å²) in [5.41, 5.74) is 1.62. The number of ether oxygens (including phenoxy) is 1. The van der Waals surface area contributed by atoms with Gasteiger partial charge < -0.3 is 9.30 Å². The van der Waals surface area contributed by atoms with Crippen LogP contribution in [-0.2, 0) is 18.3 Å². The summed E-state index contributed by atoms with van der Waals surface area (Å²) in [6.07, 6.45) is 3.42. The summed E-state index contributed by atoms with van der Waals surface area (Å²) in [7, 11) is 1.74. The second kappa shape index (κ2) is 7.49. The number of benzene rings is 1. The van der Waals surface area contributed by atoms with Crippen LogP contribution in [0.1, 0.15) is 27.8 Å². The van der Waals surface area contributed by atoms with Gasteiger partial charge in [-0.1, -0.05) is 17.4 Å². The lowest BCUT2D eigenvalue weighted by molar-refractivity contribution is 0.0526. The van der Waals surface area contributed by atoms with Gasteiger partial charge in [-0.25, -0.2) is 4.79 Å². The molecule has 2 heterocycles. The summed E-state index contributed by atoms with van der Waals surface area (Å²) in [6.45, 7) is 6.33. The van der Waals surface area contributed by atoms with Crippen LogP contribution < -0.4 is 4.80 Å². The van der Waals surface area contributed by atoms with Crippen LogP contribution in [0.25, 0.3) is 10.2 Å². The van der Waals surface area contributed by atoms with E-state index in [2.05, 4.69) is 16.7 Å². The fourth-order valence-corrected chi connectivity index (χ4v) is 3.56. The normalized spacial score (nSPS) is 11.7. The highest BCUT2D eigenvalue weighted by molar-refractivity contribution is 7.16. The number of fused-ring (bicyclic) bond motifs is 1. The average Bonchev–Trinajstić information content (AvgIpc) is 3.19. The third kappa shape index (κ3) is 3.50. The number of hydrogen-bond donors (Lipinski definition) is 0. The van der Waals surface area contributed by atoms with E-state index in [9.17, 15) is 9.59 Å². The predicted molar refractivity (Wildman–Crippen MR) is 99.1 cm³/mol. The number of carbonyl (C=O) groups excluding carboxylic acids is 2. The highest BCUT2D eigenvalue weighted by atomic mass is 32.1. The minimum absolute atomic E-state index is 0.280. The van der Waals surface area contributed by atoms with Gasteiger partial charge in [-0.15, -0.1) is 6.58 Å². The standard InChI is InChI=1S/C18H18N4O3S/c1-4-9-22-14-7-6-12(17(24)25-5-2)11-15(14)26-18(22)19-16(23)13-8-10-21(3)20-13/h4,6-8,10-11H,1,5,9H2,2-3H3. The summed E-state index contributed by atoms with van der Waals surface area (Å²) in [5.74, 6) is -0.790. The molecular weight excluding hydrogens is 352 g/mol. The third-order valence-corrected chi connectivity index (χ3v) is 4.68. The van der Waals surface area contributed by atoms with E-state index in [1.165, 1.54) is 11.3 Å². The lowest BCUT2D eigenvalue weighted by atomic mass is 10.2. The SMILES string of the molecule is C=CCn1c(=NC(=O)c2ccn(C)n2)sc2cc(C(=O)OCC)ccc21. The van der Waals surface area contributed by atoms with Crippen molar-refractivity contribution in [2.24, 2.45) is 12.0 Å². The van der Waals surface area contributed by atoms with Gasteiger partial charge >= 0.3 is 5.97 Å². The largest absolute Gasteiger partial charge is 0.462 e. The first-order valence-electron chi connectivity index (χ1n) is 8.03. The van der Waals surface area contributed by atoms with E-state index >= 15 is 0 Å². The number of nitrogens with zero attached hydrogens (tertiary/aromatic N) is 4. The Balaban J connectivity index is 2.10. The molecule has 7 nitrogen and oxygen atoms in total. The van der Waals surface area contributed by atoms with Gasteiger partial charge in [0.05, 0.1) is 22.4 Å². The van der Waals surface area contributed by atoms with Crippen LogP contribution in [0.3, 0.4) is 0 Å². The van der Waals surface area contributed by atoms with E-state index in [0.717, 1.165) is 10.2 Å². The average molecular weight is 370 g/mol. The minimum atomic E-state index is -0.416. The van der Waals surface area contributed by atoms with Crippen LogP contribution in [-0.4, -0.2) is 32.8 Å². The van der Waals surface area contributed by atoms with Crippen molar-refractivity contribution >= 4 is 33.4 Å². The van der Waals surface area contributed by atoms with Gasteiger partial charge in [0, 0.05) is 19.8 Å². The van der Waals surface area contributed by atoms with E-state index in [1.807, 2.05) is 10.6 Å². The molecule has 0 aliphatic heterocycles. The molecule has 0 aliphatic carbocycles. The second-order valence-corrected chi connectivity index (χ2v) is 6.49. The first-order valence-corrected chi connectivity index (χ1v) is 8.85. The van der Waals surface area contributed by atoms with E-state index in [4.69, 9.17) is 4.74 Å². The maximum atomic E-state index is 12.4. The monoisotopic (exact) mass is 370 g/mol. The van der Waals surface area contributed by atoms with Crippen molar-refractivity contribution < 1.29 is 14.3 Å². The van der Waals surface area contributed by atoms with Gasteiger partial charge in [0.2, 0.25) is 0 Å². The van der Waals surface area contributed by atoms with Crippen molar-refractivity contribution in [1.29, 1.82) is 0 Å². The zero-order valence-corrected chi connectivity index (χ0v) is 15.3. The number of rotatable bonds is 5. The molecule has 0 saturated heterocycles. The van der Waals surface area contributed by atoms with Crippen molar-refractivity contribution in [3.8, 4) is 0 Å². The van der Waals surface area contributed by atoms with Crippen molar-refractivity contribution in [2.45, 2.75) is 13.5 Å². The first-order chi connectivity index (χ1) is 12.5. The van der Waals surface area contributed by atoms with Gasteiger partial charge in [0.25, 0.3) is 5.91 Å². The quantitative estimate of drug-likeness (QED) is 0.511. The molecule has 0 aliphatic rings. The Bertz CT molecular complexity index is 1060. The van der Waals surface area contributed by atoms with Crippen LogP contribution in [0.4, 0.5) is 0 Å². The molecule has 3 aromatic rings. The van der Waals surface area contributed by atoms with Crippen molar-refractivity contribution in [2.75, 3.05) is 6.61 Å². The van der Waals surface area contributed by atoms with Gasteiger partial charge in [0.15, 0.2) is 10.5 Å². The van der Waals surface area contributed by atoms with Crippen LogP contribution >= 0.6 is 11.3 Å². The smallest absolute Gasteiger partial charge is 0.338 e. The molecular formula is C18H18N4O3S. The molecule has 0 bridgehead atoms. The molecule has 8 heteroatoms. The molecule has 26 heavy (non-hydrogen) atoms. The second-order valence-electron chi connectivity index (χ2n) is 5.48. The molecule has 0 N–H and O–H groups in total. The summed E-state index contributed by atoms with van der Waals surface area (Å²) in [5, 5.41) is 4.08. The Hall–Kier alpha value is -3.00. The van der Waals surface area contributed by atoms with Gasteiger partial charge in [-0.2, -0.15) is 10.1 Å². The van der Waals surface area contributed by atoms with Crippen LogP contribution in [0.15, 0.2) is 48.1 Å². The summed E-state index contributed by atoms with van der Waals surface area (Å²) < 4.78 is 9.31. The molecule has 0 unspecified atom stereocenters. The maximum Gasteiger partial charge on any atom is 0.338 e. The Kier molecular flexibility index (Phi) is 5.13. The molecule has 0 saturated carbocycles. The van der Waals surface area contributed by atoms with Gasteiger partial charge in [0.1, 0.15) is 0 Å². The molecule has 0 atom stereocenters. The summed E-state index contributed by atoms with van der Waals surface area (Å²) in [6, 6.07) is 6.90. The predicted octanol–water partition coefficient (Wildman–Crippen LogP) is 2.54. The number of amides is 1. The number of aryl methyl sites for hydroxylation is 1. The van der Waals surface area contributed by atoms with Crippen molar-refractivity contribution in [3.05, 3.63) is 59.2 Å². The molecule has 2 aromatic heterocycles. The van der Waals surface area contributed by atoms with E-state index < -0.39 is 5.91 Å². The highest BCUT2D eigenvalue weighted by Crippen LogP contribution is 2.20. The molecule has 1 aromatic carbocycles. The summed E-state index contributed by atoms with van der Waals surface area (Å²) >= 11 is 1.33. The molecule has 1 amide bonds. The van der Waals surface area contributed by atoms with Crippen LogP contribution in [0.2, 0.25) is 0 Å². The third-order valence-electron chi connectivity index (χ3n) is 3.64. The molecule has 0 spiro atoms. The van der Waals surface area contributed by atoms with E-state index in [-0.39, 0.29) is 11.7 Å². The number of carbonyl (C=O) groups is 2. The van der Waals surface area contributed by atoms with Crippen molar-refractivity contribution in [3.63, 3.8) is 0 Å². The fraction of sp³-hybridized carbons (Fsp3) is 0.222. The van der Waals surface area contributed by atoms with Gasteiger partial charge in [-0.3, -0.25) is 9.48 Å². The van der Waals surface area contributed by atoms with Gasteiger partial charge in [-0.05, 0) is 31.2 Å². The Morgan fingerprint density at radius 1 is 1.38 bits per heavy atom. The fourth-order valence-electron chi connectivity index (χ4n) is 2.48. The lowest BCUT2D eigenvalue weighted by Gasteiger charge is -2.03. The highest BCUT2D eigenvalue weighted by Gasteiger charge is 2.13. The number of allylic oxidation sites excluding steroid dienone is 1. The maximum absolute atomic E-state index is 12.4. The molecule has 0 radical (unpaired) electrons. The molecule has 134 valence electrons. The van der Waals surface area contributed by atoms with Crippen LogP contribution in [0.5, 0.6) is 0 Å². The number of esters is 1. The number of aromatic nitrogens is 3. The number of hydrogen-bond acceptors (Lipinski definition) is 5. The zero-order valence-electron chi connectivity index (χ0n) is 14.5. The lowest BCUT2D eigenvalue weighted by Crippen LogP contribution is -2.16. The number of thiazole rings is 1. The van der Waals surface area contributed by atoms with Crippen LogP contribution in [0, 0.1) is 0 Å². The minimum Gasteiger partial charge on any atom is -0.462 e. The first kappa shape index (κ1) is 17.8. The Morgan fingerprint density at radius 3 is 2.85 bits per heavy atom.